The maximum atomic E-state index is 12.0. The van der Waals surface area contributed by atoms with Gasteiger partial charge >= 0.3 is 5.97 Å². The van der Waals surface area contributed by atoms with Gasteiger partial charge in [-0.1, -0.05) is 23.9 Å². The minimum atomic E-state index is -1.09. The third kappa shape index (κ3) is 2.86. The smallest absolute Gasteiger partial charge is 0.353 e. The molecule has 1 saturated heterocycles. The van der Waals surface area contributed by atoms with Crippen LogP contribution in [0.1, 0.15) is 0 Å². The number of carboxylic acid groups (broad SMARTS) is 1. The number of hydrogen-bond acceptors (Lipinski definition) is 7. The number of β-lactam (4-membered cyclic amide) rings is 1. The van der Waals surface area contributed by atoms with E-state index >= 15 is 0 Å². The molecule has 0 spiro atoms. The summed E-state index contributed by atoms with van der Waals surface area (Å²) in [6, 6.07) is 7.20. The van der Waals surface area contributed by atoms with E-state index in [1.54, 1.807) is 17.5 Å². The van der Waals surface area contributed by atoms with Gasteiger partial charge < -0.3 is 10.8 Å². The average Bonchev–Trinajstić information content (AvgIpc) is 3.15. The summed E-state index contributed by atoms with van der Waals surface area (Å²) in [7, 11) is 0. The second-order valence-electron chi connectivity index (χ2n) is 5.48. The Morgan fingerprint density at radius 3 is 2.76 bits per heavy atom. The Bertz CT molecular complexity index is 865. The van der Waals surface area contributed by atoms with E-state index in [1.165, 1.54) is 28.4 Å². The van der Waals surface area contributed by atoms with Gasteiger partial charge in [0.25, 0.3) is 0 Å². The van der Waals surface area contributed by atoms with Crippen LogP contribution in [0, 0.1) is 0 Å². The first-order chi connectivity index (χ1) is 12.1. The predicted octanol–water partition coefficient (Wildman–Crippen LogP) is 2.44. The fourth-order valence-corrected chi connectivity index (χ4v) is 5.80. The topological polar surface area (TPSA) is 96.5 Å². The van der Waals surface area contributed by atoms with Crippen LogP contribution in [-0.4, -0.2) is 44.0 Å². The molecule has 1 amide bonds. The number of thiazole rings is 1. The fraction of sp³-hybridized carbons (Fsp3) is 0.188. The fourth-order valence-electron chi connectivity index (χ4n) is 2.74. The highest BCUT2D eigenvalue weighted by molar-refractivity contribution is 8.06. The molecule has 2 aliphatic heterocycles. The van der Waals surface area contributed by atoms with E-state index in [0.717, 1.165) is 15.5 Å². The van der Waals surface area contributed by atoms with Crippen molar-refractivity contribution in [2.45, 2.75) is 16.3 Å². The third-order valence-corrected chi connectivity index (χ3v) is 7.35. The average molecular weight is 391 g/mol. The molecule has 2 atom stereocenters. The van der Waals surface area contributed by atoms with E-state index in [1.807, 2.05) is 29.6 Å². The van der Waals surface area contributed by atoms with Crippen molar-refractivity contribution in [3.8, 4) is 10.6 Å². The van der Waals surface area contributed by atoms with Crippen molar-refractivity contribution < 1.29 is 14.7 Å². The molecule has 3 N–H and O–H groups in total. The minimum Gasteiger partial charge on any atom is -0.477 e. The number of amides is 1. The van der Waals surface area contributed by atoms with Crippen LogP contribution in [-0.2, 0) is 9.59 Å². The van der Waals surface area contributed by atoms with Gasteiger partial charge in [0.1, 0.15) is 22.1 Å². The molecule has 2 aromatic rings. The maximum Gasteiger partial charge on any atom is 0.353 e. The van der Waals surface area contributed by atoms with E-state index < -0.39 is 12.0 Å². The highest BCUT2D eigenvalue weighted by Crippen LogP contribution is 2.44. The van der Waals surface area contributed by atoms with Crippen LogP contribution in [0.2, 0.25) is 0 Å². The molecule has 25 heavy (non-hydrogen) atoms. The van der Waals surface area contributed by atoms with Crippen LogP contribution < -0.4 is 5.73 Å². The number of aliphatic carboxylic acids is 1. The first-order valence-corrected chi connectivity index (χ1v) is 10.2. The lowest BCUT2D eigenvalue weighted by Crippen LogP contribution is -2.68. The van der Waals surface area contributed by atoms with Gasteiger partial charge in [0, 0.05) is 32.7 Å². The number of rotatable bonds is 4. The number of benzene rings is 1. The molecule has 128 valence electrons. The zero-order chi connectivity index (χ0) is 17.6. The first-order valence-electron chi connectivity index (χ1n) is 7.41. The molecule has 1 fully saturated rings. The summed E-state index contributed by atoms with van der Waals surface area (Å²) in [5.41, 5.74) is 6.84. The molecule has 6 nitrogen and oxygen atoms in total. The number of hydrogen-bond donors (Lipinski definition) is 2. The molecule has 0 saturated carbocycles. The number of carbonyl (C=O) groups excluding carboxylic acids is 1. The van der Waals surface area contributed by atoms with Crippen molar-refractivity contribution in [2.24, 2.45) is 5.73 Å². The zero-order valence-corrected chi connectivity index (χ0v) is 15.2. The molecule has 0 radical (unpaired) electrons. The Labute approximate surface area is 156 Å². The van der Waals surface area contributed by atoms with Crippen LogP contribution in [0.5, 0.6) is 0 Å². The molecule has 2 aliphatic rings. The first kappa shape index (κ1) is 16.6. The molecule has 1 aromatic carbocycles. The van der Waals surface area contributed by atoms with Crippen LogP contribution in [0.25, 0.3) is 10.6 Å². The summed E-state index contributed by atoms with van der Waals surface area (Å²) < 4.78 is 0. The van der Waals surface area contributed by atoms with Crippen LogP contribution >= 0.6 is 34.9 Å². The Balaban J connectivity index is 1.60. The summed E-state index contributed by atoms with van der Waals surface area (Å²) in [5.74, 6) is -0.887. The Morgan fingerprint density at radius 2 is 2.12 bits per heavy atom. The van der Waals surface area contributed by atoms with E-state index in [-0.39, 0.29) is 17.0 Å². The van der Waals surface area contributed by atoms with E-state index in [4.69, 9.17) is 5.73 Å². The van der Waals surface area contributed by atoms with Crippen molar-refractivity contribution in [1.29, 1.82) is 0 Å². The Morgan fingerprint density at radius 1 is 1.36 bits per heavy atom. The lowest BCUT2D eigenvalue weighted by molar-refractivity contribution is -0.147. The predicted molar refractivity (Wildman–Crippen MR) is 99.1 cm³/mol. The molecule has 0 aliphatic carbocycles. The number of fused-ring (bicyclic) bond motifs is 1. The van der Waals surface area contributed by atoms with Crippen LogP contribution in [0.3, 0.4) is 0 Å². The highest BCUT2D eigenvalue weighted by Gasteiger charge is 2.51. The number of nitrogens with zero attached hydrogens (tertiary/aromatic N) is 2. The van der Waals surface area contributed by atoms with Gasteiger partial charge in [-0.2, -0.15) is 0 Å². The lowest BCUT2D eigenvalue weighted by atomic mass is 10.1. The van der Waals surface area contributed by atoms with Gasteiger partial charge in [-0.05, 0) is 12.1 Å². The molecule has 9 heteroatoms. The van der Waals surface area contributed by atoms with Gasteiger partial charge in [0.05, 0.1) is 0 Å². The summed E-state index contributed by atoms with van der Waals surface area (Å²) >= 11 is 4.45. The van der Waals surface area contributed by atoms with Gasteiger partial charge in [0.15, 0.2) is 0 Å². The normalized spacial score (nSPS) is 22.6. The molecule has 0 bridgehead atoms. The molecule has 1 aromatic heterocycles. The number of thioether (sulfide) groups is 2. The van der Waals surface area contributed by atoms with E-state index in [9.17, 15) is 14.7 Å². The summed E-state index contributed by atoms with van der Waals surface area (Å²) in [6.45, 7) is 0. The summed E-state index contributed by atoms with van der Waals surface area (Å²) in [5, 5.41) is 12.2. The molecular weight excluding hydrogens is 378 g/mol. The largest absolute Gasteiger partial charge is 0.477 e. The van der Waals surface area contributed by atoms with Crippen molar-refractivity contribution >= 4 is 46.7 Å². The van der Waals surface area contributed by atoms with Gasteiger partial charge in [-0.3, -0.25) is 9.69 Å². The summed E-state index contributed by atoms with van der Waals surface area (Å²) in [4.78, 5) is 30.8. The van der Waals surface area contributed by atoms with Crippen molar-refractivity contribution in [3.05, 3.63) is 46.4 Å². The van der Waals surface area contributed by atoms with Gasteiger partial charge in [-0.15, -0.1) is 23.1 Å². The highest BCUT2D eigenvalue weighted by atomic mass is 32.2. The van der Waals surface area contributed by atoms with Crippen molar-refractivity contribution in [2.75, 3.05) is 5.75 Å². The number of carboxylic acids is 1. The quantitative estimate of drug-likeness (QED) is 0.773. The van der Waals surface area contributed by atoms with Crippen LogP contribution in [0.15, 0.2) is 51.3 Å². The third-order valence-electron chi connectivity index (χ3n) is 3.95. The lowest BCUT2D eigenvalue weighted by Gasteiger charge is -2.47. The SMILES string of the molecule is N[C@@H]1C(=O)N2C(C(=O)O)=C(Sc3ccc(-c4nccs4)cc3)CS[C@H]12. The number of aromatic nitrogens is 1. The second-order valence-corrected chi connectivity index (χ2v) is 8.64. The van der Waals surface area contributed by atoms with Crippen molar-refractivity contribution in [1.82, 2.24) is 9.88 Å². The molecule has 4 rings (SSSR count). The molecular formula is C16H13N3O3S3. The van der Waals surface area contributed by atoms with Crippen molar-refractivity contribution in [3.63, 3.8) is 0 Å². The molecule has 3 heterocycles. The summed E-state index contributed by atoms with van der Waals surface area (Å²) in [6.07, 6.45) is 1.76. The monoisotopic (exact) mass is 391 g/mol. The van der Waals surface area contributed by atoms with Crippen LogP contribution in [0.4, 0.5) is 0 Å². The second kappa shape index (κ2) is 6.49. The standard InChI is InChI=1S/C16H13N3O3S3/c17-11-14(20)19-12(16(21)22)10(7-24-15(11)19)25-9-3-1-8(2-4-9)13-18-5-6-23-13/h1-6,11,15H,7,17H2,(H,21,22)/t11-,15-/m1/s1. The number of carbonyl (C=O) groups is 2. The Kier molecular flexibility index (Phi) is 4.32. The van der Waals surface area contributed by atoms with Gasteiger partial charge in [-0.25, -0.2) is 9.78 Å². The Hall–Kier alpha value is -1.81. The number of nitrogens with two attached hydrogens (primary N) is 1. The minimum absolute atomic E-state index is 0.0597. The van der Waals surface area contributed by atoms with E-state index in [0.29, 0.717) is 10.7 Å². The molecule has 0 unspecified atom stereocenters. The van der Waals surface area contributed by atoms with E-state index in [2.05, 4.69) is 4.98 Å². The maximum absolute atomic E-state index is 12.0. The zero-order valence-electron chi connectivity index (χ0n) is 12.8. The van der Waals surface area contributed by atoms with Gasteiger partial charge in [0.2, 0.25) is 5.91 Å².